The minimum Gasteiger partial charge on any atom is -0.352 e. The zero-order chi connectivity index (χ0) is 27.4. The molecule has 0 unspecified atom stereocenters. The normalized spacial score (nSPS) is 14.7. The number of amides is 3. The summed E-state index contributed by atoms with van der Waals surface area (Å²) in [5, 5.41) is 2.89. The van der Waals surface area contributed by atoms with Gasteiger partial charge in [0.15, 0.2) is 0 Å². The molecule has 1 heterocycles. The molecule has 3 aromatic carbocycles. The van der Waals surface area contributed by atoms with Gasteiger partial charge in [-0.05, 0) is 49.2 Å². The van der Waals surface area contributed by atoms with Gasteiger partial charge in [-0.3, -0.25) is 14.4 Å². The molecule has 0 saturated carbocycles. The number of nitrogens with zero attached hydrogens (tertiary/aromatic N) is 2. The molecule has 0 fully saturated rings. The average Bonchev–Trinajstić information content (AvgIpc) is 3.07. The lowest BCUT2D eigenvalue weighted by Gasteiger charge is -2.33. The molecule has 1 aliphatic heterocycles. The van der Waals surface area contributed by atoms with Gasteiger partial charge in [0.2, 0.25) is 11.8 Å². The summed E-state index contributed by atoms with van der Waals surface area (Å²) in [5.74, 6) is -1.79. The monoisotopic (exact) mass is 597 g/mol. The first-order valence-corrected chi connectivity index (χ1v) is 14.4. The smallest absolute Gasteiger partial charge is 0.269 e. The zero-order valence-corrected chi connectivity index (χ0v) is 23.4. The number of halogens is 1. The number of sulfonamides is 1. The first kappa shape index (κ1) is 27.5. The summed E-state index contributed by atoms with van der Waals surface area (Å²) in [4.78, 5) is 41.6. The molecule has 0 bridgehead atoms. The second kappa shape index (κ2) is 11.5. The van der Waals surface area contributed by atoms with Crippen molar-refractivity contribution in [2.45, 2.75) is 43.8 Å². The van der Waals surface area contributed by atoms with Crippen molar-refractivity contribution < 1.29 is 22.8 Å². The van der Waals surface area contributed by atoms with Crippen molar-refractivity contribution >= 4 is 43.7 Å². The number of carbonyl (C=O) groups excluding carboxylic acids is 3. The third-order valence-electron chi connectivity index (χ3n) is 6.13. The van der Waals surface area contributed by atoms with Gasteiger partial charge in [-0.1, -0.05) is 70.5 Å². The summed E-state index contributed by atoms with van der Waals surface area (Å²) >= 11 is 3.44. The Balaban J connectivity index is 1.72. The number of rotatable bonds is 9. The van der Waals surface area contributed by atoms with Crippen LogP contribution in [0.25, 0.3) is 0 Å². The van der Waals surface area contributed by atoms with Gasteiger partial charge in [-0.25, -0.2) is 12.7 Å². The molecular formula is C28H28BrN3O5S. The van der Waals surface area contributed by atoms with Gasteiger partial charge in [0.05, 0.1) is 5.56 Å². The van der Waals surface area contributed by atoms with Crippen LogP contribution in [0.15, 0.2) is 88.2 Å². The number of nitrogens with one attached hydrogen (secondary N) is 1. The standard InChI is InChI=1S/C28H28BrN3O5S/c1-19(2)30-27(34)24(16-20-9-4-3-5-10-20)31(17-21-11-8-12-22(29)15-21)26(33)18-32-28(35)23-13-6-7-14-25(23)38(32,36)37/h3-15,19,24H,16-18H2,1-2H3,(H,30,34)/t24-/m0/s1. The van der Waals surface area contributed by atoms with Gasteiger partial charge in [0.1, 0.15) is 17.5 Å². The van der Waals surface area contributed by atoms with Crippen molar-refractivity contribution in [3.05, 3.63) is 100 Å². The second-order valence-corrected chi connectivity index (χ2v) is 12.1. The van der Waals surface area contributed by atoms with E-state index in [1.807, 2.05) is 68.4 Å². The highest BCUT2D eigenvalue weighted by atomic mass is 79.9. The summed E-state index contributed by atoms with van der Waals surface area (Å²) in [6, 6.07) is 21.3. The number of fused-ring (bicyclic) bond motifs is 1. The Morgan fingerprint density at radius 1 is 0.947 bits per heavy atom. The summed E-state index contributed by atoms with van der Waals surface area (Å²) in [6.45, 7) is 2.97. The Bertz CT molecular complexity index is 1460. The van der Waals surface area contributed by atoms with Gasteiger partial charge in [-0.2, -0.15) is 0 Å². The third-order valence-corrected chi connectivity index (χ3v) is 8.42. The van der Waals surface area contributed by atoms with Crippen molar-refractivity contribution in [2.24, 2.45) is 0 Å². The molecule has 1 aliphatic rings. The van der Waals surface area contributed by atoms with Crippen LogP contribution in [0.4, 0.5) is 0 Å². The van der Waals surface area contributed by atoms with Gasteiger partial charge < -0.3 is 10.2 Å². The minimum absolute atomic E-state index is 0.0252. The predicted octanol–water partition coefficient (Wildman–Crippen LogP) is 3.76. The van der Waals surface area contributed by atoms with E-state index in [2.05, 4.69) is 21.2 Å². The number of hydrogen-bond acceptors (Lipinski definition) is 5. The van der Waals surface area contributed by atoms with E-state index >= 15 is 0 Å². The van der Waals surface area contributed by atoms with Crippen LogP contribution in [0.1, 0.15) is 35.3 Å². The van der Waals surface area contributed by atoms with Gasteiger partial charge in [-0.15, -0.1) is 0 Å². The number of benzene rings is 3. The van der Waals surface area contributed by atoms with E-state index in [9.17, 15) is 22.8 Å². The van der Waals surface area contributed by atoms with Crippen LogP contribution in [-0.2, 0) is 32.6 Å². The maximum Gasteiger partial charge on any atom is 0.269 e. The molecule has 3 amide bonds. The van der Waals surface area contributed by atoms with Crippen LogP contribution in [0.2, 0.25) is 0 Å². The van der Waals surface area contributed by atoms with Crippen LogP contribution < -0.4 is 5.32 Å². The van der Waals surface area contributed by atoms with E-state index < -0.39 is 34.4 Å². The van der Waals surface area contributed by atoms with Gasteiger partial charge >= 0.3 is 0 Å². The molecule has 0 spiro atoms. The van der Waals surface area contributed by atoms with E-state index in [1.165, 1.54) is 23.1 Å². The molecule has 1 atom stereocenters. The van der Waals surface area contributed by atoms with Crippen molar-refractivity contribution in [1.29, 1.82) is 0 Å². The summed E-state index contributed by atoms with van der Waals surface area (Å²) in [5.41, 5.74) is 1.60. The SMILES string of the molecule is CC(C)NC(=O)[C@H](Cc1ccccc1)N(Cc1cccc(Br)c1)C(=O)CN1C(=O)c2ccccc2S1(=O)=O. The molecule has 4 rings (SSSR count). The maximum atomic E-state index is 13.9. The van der Waals surface area contributed by atoms with E-state index in [-0.39, 0.29) is 35.4 Å². The van der Waals surface area contributed by atoms with E-state index in [1.54, 1.807) is 6.07 Å². The van der Waals surface area contributed by atoms with Crippen LogP contribution in [-0.4, -0.2) is 54.0 Å². The Morgan fingerprint density at radius 3 is 2.26 bits per heavy atom. The molecule has 1 N–H and O–H groups in total. The molecule has 0 radical (unpaired) electrons. The fourth-order valence-electron chi connectivity index (χ4n) is 4.37. The minimum atomic E-state index is -4.20. The van der Waals surface area contributed by atoms with Gasteiger partial charge in [0.25, 0.3) is 15.9 Å². The van der Waals surface area contributed by atoms with Crippen LogP contribution >= 0.6 is 15.9 Å². The largest absolute Gasteiger partial charge is 0.352 e. The van der Waals surface area contributed by atoms with Crippen molar-refractivity contribution in [2.75, 3.05) is 6.54 Å². The highest BCUT2D eigenvalue weighted by Crippen LogP contribution is 2.30. The molecule has 0 saturated heterocycles. The van der Waals surface area contributed by atoms with E-state index in [0.29, 0.717) is 4.31 Å². The molecular weight excluding hydrogens is 570 g/mol. The fraction of sp³-hybridized carbons (Fsp3) is 0.250. The van der Waals surface area contributed by atoms with Crippen molar-refractivity contribution in [3.63, 3.8) is 0 Å². The molecule has 3 aromatic rings. The van der Waals surface area contributed by atoms with Crippen LogP contribution in [0, 0.1) is 0 Å². The van der Waals surface area contributed by atoms with Crippen LogP contribution in [0.3, 0.4) is 0 Å². The summed E-state index contributed by atoms with van der Waals surface area (Å²) < 4.78 is 27.7. The van der Waals surface area contributed by atoms with Gasteiger partial charge in [0, 0.05) is 23.5 Å². The molecule has 0 aliphatic carbocycles. The lowest BCUT2D eigenvalue weighted by atomic mass is 10.0. The molecule has 8 nitrogen and oxygen atoms in total. The average molecular weight is 599 g/mol. The topological polar surface area (TPSA) is 104 Å². The molecule has 10 heteroatoms. The van der Waals surface area contributed by atoms with Crippen LogP contribution in [0.5, 0.6) is 0 Å². The maximum absolute atomic E-state index is 13.9. The highest BCUT2D eigenvalue weighted by molar-refractivity contribution is 9.10. The quantitative estimate of drug-likeness (QED) is 0.404. The molecule has 198 valence electrons. The Labute approximate surface area is 230 Å². The Kier molecular flexibility index (Phi) is 8.32. The van der Waals surface area contributed by atoms with E-state index in [0.717, 1.165) is 15.6 Å². The zero-order valence-electron chi connectivity index (χ0n) is 21.0. The summed E-state index contributed by atoms with van der Waals surface area (Å²) in [7, 11) is -4.20. The molecule has 38 heavy (non-hydrogen) atoms. The van der Waals surface area contributed by atoms with E-state index in [4.69, 9.17) is 0 Å². The van der Waals surface area contributed by atoms with Crippen molar-refractivity contribution in [1.82, 2.24) is 14.5 Å². The fourth-order valence-corrected chi connectivity index (χ4v) is 6.33. The third kappa shape index (κ3) is 5.97. The first-order chi connectivity index (χ1) is 18.1. The first-order valence-electron chi connectivity index (χ1n) is 12.1. The predicted molar refractivity (Wildman–Crippen MR) is 147 cm³/mol. The Hall–Kier alpha value is -3.50. The number of carbonyl (C=O) groups is 3. The second-order valence-electron chi connectivity index (χ2n) is 9.33. The number of hydrogen-bond donors (Lipinski definition) is 1. The molecule has 0 aromatic heterocycles. The summed E-state index contributed by atoms with van der Waals surface area (Å²) in [6.07, 6.45) is 0.208. The van der Waals surface area contributed by atoms with Crippen molar-refractivity contribution in [3.8, 4) is 0 Å². The lowest BCUT2D eigenvalue weighted by molar-refractivity contribution is -0.141. The lowest BCUT2D eigenvalue weighted by Crippen LogP contribution is -2.54. The Morgan fingerprint density at radius 2 is 1.61 bits per heavy atom. The highest BCUT2D eigenvalue weighted by Gasteiger charge is 2.43.